The van der Waals surface area contributed by atoms with Crippen molar-refractivity contribution in [1.29, 1.82) is 0 Å². The van der Waals surface area contributed by atoms with E-state index >= 15 is 0 Å². The number of fused-ring (bicyclic) bond motifs is 1. The fourth-order valence-electron chi connectivity index (χ4n) is 3.93. The minimum atomic E-state index is -0.718. The molecular weight excluding hydrogens is 356 g/mol. The van der Waals surface area contributed by atoms with E-state index in [0.717, 1.165) is 42.0 Å². The van der Waals surface area contributed by atoms with Gasteiger partial charge >= 0.3 is 0 Å². The number of rotatable bonds is 6. The van der Waals surface area contributed by atoms with Crippen LogP contribution in [0.1, 0.15) is 23.8 Å². The summed E-state index contributed by atoms with van der Waals surface area (Å²) in [6.07, 6.45) is 3.41. The Morgan fingerprint density at radius 2 is 2.07 bits per heavy atom. The molecule has 0 radical (unpaired) electrons. The summed E-state index contributed by atoms with van der Waals surface area (Å²) in [7, 11) is 2.02. The summed E-state index contributed by atoms with van der Waals surface area (Å²) in [5.41, 5.74) is 0.572. The third-order valence-corrected chi connectivity index (χ3v) is 6.45. The Morgan fingerprint density at radius 3 is 2.85 bits per heavy atom. The summed E-state index contributed by atoms with van der Waals surface area (Å²) in [4.78, 5) is 15.7. The number of β-amino-alcohol motifs (C(OH)–C–C–N with tert-alkyl or cyclic N) is 1. The van der Waals surface area contributed by atoms with Crippen molar-refractivity contribution in [2.75, 3.05) is 31.6 Å². The molecule has 1 N–H and O–H groups in total. The van der Waals surface area contributed by atoms with Gasteiger partial charge < -0.3 is 10.0 Å². The lowest BCUT2D eigenvalue weighted by molar-refractivity contribution is 0.0561. The Kier molecular flexibility index (Phi) is 5.12. The highest BCUT2D eigenvalue weighted by Crippen LogP contribution is 2.32. The van der Waals surface area contributed by atoms with Crippen LogP contribution in [0.5, 0.6) is 0 Å². The van der Waals surface area contributed by atoms with Crippen molar-refractivity contribution in [3.8, 4) is 0 Å². The molecule has 27 heavy (non-hydrogen) atoms. The number of aliphatic hydroxyl groups is 1. The van der Waals surface area contributed by atoms with Crippen LogP contribution in [0, 0.1) is 0 Å². The molecule has 142 valence electrons. The van der Waals surface area contributed by atoms with Gasteiger partial charge in [-0.1, -0.05) is 37.3 Å². The maximum absolute atomic E-state index is 11.2. The second-order valence-corrected chi connectivity index (χ2v) is 8.62. The lowest BCUT2D eigenvalue weighted by Gasteiger charge is -2.30. The zero-order valence-corrected chi connectivity index (χ0v) is 16.7. The largest absolute Gasteiger partial charge is 0.387 e. The van der Waals surface area contributed by atoms with Gasteiger partial charge in [0.05, 0.1) is 11.0 Å². The zero-order chi connectivity index (χ0) is 18.9. The highest BCUT2D eigenvalue weighted by Gasteiger charge is 2.37. The molecule has 0 spiro atoms. The van der Waals surface area contributed by atoms with Crippen molar-refractivity contribution in [2.24, 2.45) is 0 Å². The molecule has 2 aromatic heterocycles. The molecule has 3 aromatic rings. The Balaban J connectivity index is 1.46. The smallest absolute Gasteiger partial charge is 0.140 e. The number of hydrogen-bond acceptors (Lipinski definition) is 6. The van der Waals surface area contributed by atoms with E-state index in [1.807, 2.05) is 13.1 Å². The zero-order valence-electron chi connectivity index (χ0n) is 15.9. The van der Waals surface area contributed by atoms with Crippen LogP contribution in [-0.2, 0) is 13.0 Å². The van der Waals surface area contributed by atoms with Gasteiger partial charge in [-0.05, 0) is 24.5 Å². The van der Waals surface area contributed by atoms with Crippen LogP contribution >= 0.6 is 11.3 Å². The summed E-state index contributed by atoms with van der Waals surface area (Å²) < 4.78 is 0. The predicted octanol–water partition coefficient (Wildman–Crippen LogP) is 3.33. The first-order valence-corrected chi connectivity index (χ1v) is 10.3. The van der Waals surface area contributed by atoms with Crippen LogP contribution in [0.2, 0.25) is 0 Å². The molecule has 0 saturated carbocycles. The minimum Gasteiger partial charge on any atom is -0.387 e. The number of likely N-dealkylation sites (tertiary alicyclic amines) is 1. The molecule has 1 unspecified atom stereocenters. The molecule has 1 aliphatic rings. The fraction of sp³-hybridized carbons (Fsp3) is 0.429. The van der Waals surface area contributed by atoms with Crippen LogP contribution in [0.25, 0.3) is 10.2 Å². The van der Waals surface area contributed by atoms with Gasteiger partial charge in [-0.3, -0.25) is 4.90 Å². The van der Waals surface area contributed by atoms with E-state index in [-0.39, 0.29) is 0 Å². The van der Waals surface area contributed by atoms with Crippen LogP contribution in [0.15, 0.2) is 42.7 Å². The van der Waals surface area contributed by atoms with Crippen LogP contribution < -0.4 is 4.90 Å². The molecule has 0 amide bonds. The van der Waals surface area contributed by atoms with E-state index in [1.165, 1.54) is 10.4 Å². The monoisotopic (exact) mass is 382 g/mol. The number of benzene rings is 1. The van der Waals surface area contributed by atoms with Gasteiger partial charge in [-0.2, -0.15) is 0 Å². The second-order valence-electron chi connectivity index (χ2n) is 7.51. The third kappa shape index (κ3) is 3.98. The maximum atomic E-state index is 11.2. The Bertz CT molecular complexity index is 913. The number of aromatic nitrogens is 2. The number of likely N-dealkylation sites (N-methyl/N-ethyl adjacent to an activating group) is 1. The Labute approximate surface area is 164 Å². The van der Waals surface area contributed by atoms with Gasteiger partial charge in [-0.25, -0.2) is 9.97 Å². The van der Waals surface area contributed by atoms with E-state index < -0.39 is 5.60 Å². The van der Waals surface area contributed by atoms with E-state index in [1.54, 1.807) is 17.7 Å². The second kappa shape index (κ2) is 7.54. The number of hydrogen-bond donors (Lipinski definition) is 1. The summed E-state index contributed by atoms with van der Waals surface area (Å²) in [6.45, 7) is 5.21. The average Bonchev–Trinajstić information content (AvgIpc) is 3.25. The van der Waals surface area contributed by atoms with Crippen LogP contribution in [0.3, 0.4) is 0 Å². The van der Waals surface area contributed by atoms with Crippen molar-refractivity contribution in [3.63, 3.8) is 0 Å². The van der Waals surface area contributed by atoms with E-state index in [2.05, 4.69) is 57.0 Å². The molecule has 1 aromatic carbocycles. The molecule has 3 heterocycles. The summed E-state index contributed by atoms with van der Waals surface area (Å²) >= 11 is 1.72. The van der Waals surface area contributed by atoms with Gasteiger partial charge in [0.25, 0.3) is 0 Å². The van der Waals surface area contributed by atoms with Gasteiger partial charge in [0.1, 0.15) is 17.0 Å². The third-order valence-electron chi connectivity index (χ3n) is 5.26. The lowest BCUT2D eigenvalue weighted by atomic mass is 10.0. The summed E-state index contributed by atoms with van der Waals surface area (Å²) in [5, 5.41) is 12.3. The molecule has 1 fully saturated rings. The summed E-state index contributed by atoms with van der Waals surface area (Å²) in [5.74, 6) is 0.908. The standard InChI is InChI=1S/C21H26N4OS/c1-3-17-11-18-19(22-15-23-20(18)27-17)24(2)13-21(26)9-10-25(14-21)12-16-7-5-4-6-8-16/h4-8,11,15,26H,3,9-10,12-14H2,1-2H3. The molecule has 4 rings (SSSR count). The molecule has 6 heteroatoms. The normalized spacial score (nSPS) is 20.4. The molecule has 1 atom stereocenters. The van der Waals surface area contributed by atoms with Crippen LogP contribution in [0.4, 0.5) is 5.82 Å². The highest BCUT2D eigenvalue weighted by molar-refractivity contribution is 7.18. The Hall–Kier alpha value is -2.02. The average molecular weight is 383 g/mol. The Morgan fingerprint density at radius 1 is 1.26 bits per heavy atom. The SMILES string of the molecule is CCc1cc2c(N(C)CC3(O)CCN(Cc4ccccc4)C3)ncnc2s1. The van der Waals surface area contributed by atoms with Crippen molar-refractivity contribution in [3.05, 3.63) is 53.2 Å². The van der Waals surface area contributed by atoms with E-state index in [0.29, 0.717) is 13.1 Å². The van der Waals surface area contributed by atoms with Crippen molar-refractivity contribution >= 4 is 27.4 Å². The van der Waals surface area contributed by atoms with Crippen LogP contribution in [-0.4, -0.2) is 52.3 Å². The van der Waals surface area contributed by atoms with Gasteiger partial charge in [0.15, 0.2) is 0 Å². The van der Waals surface area contributed by atoms with Gasteiger partial charge in [-0.15, -0.1) is 11.3 Å². The molecular formula is C21H26N4OS. The van der Waals surface area contributed by atoms with Crippen molar-refractivity contribution < 1.29 is 5.11 Å². The molecule has 0 aliphatic carbocycles. The van der Waals surface area contributed by atoms with E-state index in [9.17, 15) is 5.11 Å². The maximum Gasteiger partial charge on any atom is 0.140 e. The van der Waals surface area contributed by atoms with Crippen molar-refractivity contribution in [1.82, 2.24) is 14.9 Å². The quantitative estimate of drug-likeness (QED) is 0.709. The topological polar surface area (TPSA) is 52.5 Å². The first-order chi connectivity index (χ1) is 13.1. The van der Waals surface area contributed by atoms with Crippen molar-refractivity contribution in [2.45, 2.75) is 31.9 Å². The lowest BCUT2D eigenvalue weighted by Crippen LogP contribution is -2.44. The molecule has 0 bridgehead atoms. The first kappa shape index (κ1) is 18.3. The predicted molar refractivity (Wildman–Crippen MR) is 111 cm³/mol. The fourth-order valence-corrected chi connectivity index (χ4v) is 4.86. The minimum absolute atomic E-state index is 0.571. The number of nitrogens with zero attached hydrogens (tertiary/aromatic N) is 4. The van der Waals surface area contributed by atoms with E-state index in [4.69, 9.17) is 0 Å². The molecule has 1 saturated heterocycles. The molecule has 1 aliphatic heterocycles. The summed E-state index contributed by atoms with van der Waals surface area (Å²) in [6, 6.07) is 12.6. The van der Waals surface area contributed by atoms with Gasteiger partial charge in [0, 0.05) is 38.1 Å². The van der Waals surface area contributed by atoms with Gasteiger partial charge in [0.2, 0.25) is 0 Å². The number of thiophene rings is 1. The molecule has 5 nitrogen and oxygen atoms in total. The first-order valence-electron chi connectivity index (χ1n) is 9.49. The highest BCUT2D eigenvalue weighted by atomic mass is 32.1. The number of aryl methyl sites for hydroxylation is 1. The number of anilines is 1.